The maximum Gasteiger partial charge on any atom is 0.195 e. The summed E-state index contributed by atoms with van der Waals surface area (Å²) in [5.74, 6) is 2.34. The van der Waals surface area contributed by atoms with Crippen LogP contribution < -0.4 is 0 Å². The van der Waals surface area contributed by atoms with Gasteiger partial charge in [0.15, 0.2) is 17.4 Å². The lowest BCUT2D eigenvalue weighted by Gasteiger charge is -2.20. The molecule has 162 valence electrons. The molecule has 0 bridgehead atoms. The van der Waals surface area contributed by atoms with Crippen molar-refractivity contribution >= 4 is 17.4 Å². The van der Waals surface area contributed by atoms with Crippen LogP contribution in [0.1, 0.15) is 40.4 Å². The Kier molecular flexibility index (Phi) is 6.51. The normalized spacial score (nSPS) is 13.9. The number of carbonyl (C=O) groups is 1. The SMILES string of the molecule is CN(C)Cc1nnc(CN(C)CC2CC2)n1-c1ccc(Cl)cc1C(=O)c1ccccc1. The highest BCUT2D eigenvalue weighted by atomic mass is 35.5. The van der Waals surface area contributed by atoms with Gasteiger partial charge in [-0.15, -0.1) is 10.2 Å². The van der Waals surface area contributed by atoms with Crippen molar-refractivity contribution < 1.29 is 4.79 Å². The fraction of sp³-hybridized carbons (Fsp3) is 0.375. The van der Waals surface area contributed by atoms with Crippen molar-refractivity contribution in [2.45, 2.75) is 25.9 Å². The highest BCUT2D eigenvalue weighted by Gasteiger charge is 2.25. The lowest BCUT2D eigenvalue weighted by atomic mass is 10.0. The summed E-state index contributed by atoms with van der Waals surface area (Å²) >= 11 is 6.31. The van der Waals surface area contributed by atoms with Gasteiger partial charge in [0, 0.05) is 22.7 Å². The van der Waals surface area contributed by atoms with E-state index in [-0.39, 0.29) is 5.78 Å². The summed E-state index contributed by atoms with van der Waals surface area (Å²) in [5, 5.41) is 9.51. The Morgan fingerprint density at radius 2 is 1.71 bits per heavy atom. The molecule has 0 atom stereocenters. The number of hydrogen-bond donors (Lipinski definition) is 0. The third-order valence-corrected chi connectivity index (χ3v) is 5.65. The third kappa shape index (κ3) is 5.21. The van der Waals surface area contributed by atoms with Crippen LogP contribution >= 0.6 is 11.6 Å². The van der Waals surface area contributed by atoms with E-state index in [0.29, 0.717) is 29.2 Å². The molecule has 1 aliphatic carbocycles. The standard InChI is InChI=1S/C24H28ClN5O/c1-28(2)15-22-26-27-23(16-29(3)14-17-9-10-17)30(22)21-12-11-19(25)13-20(21)24(31)18-7-5-4-6-8-18/h4-8,11-13,17H,9-10,14-16H2,1-3H3. The van der Waals surface area contributed by atoms with E-state index in [2.05, 4.69) is 22.1 Å². The average Bonchev–Trinajstić information content (AvgIpc) is 3.48. The predicted molar refractivity (Wildman–Crippen MR) is 123 cm³/mol. The van der Waals surface area contributed by atoms with E-state index in [1.807, 2.05) is 66.0 Å². The van der Waals surface area contributed by atoms with Gasteiger partial charge in [-0.1, -0.05) is 41.9 Å². The monoisotopic (exact) mass is 437 g/mol. The van der Waals surface area contributed by atoms with Crippen LogP contribution in [0, 0.1) is 5.92 Å². The Bertz CT molecular complexity index is 1060. The second-order valence-corrected chi connectivity index (χ2v) is 9.04. The summed E-state index contributed by atoms with van der Waals surface area (Å²) < 4.78 is 2.02. The summed E-state index contributed by atoms with van der Waals surface area (Å²) in [6.07, 6.45) is 2.60. The number of aromatic nitrogens is 3. The van der Waals surface area contributed by atoms with E-state index < -0.39 is 0 Å². The summed E-state index contributed by atoms with van der Waals surface area (Å²) in [6.45, 7) is 2.33. The summed E-state index contributed by atoms with van der Waals surface area (Å²) in [6, 6.07) is 14.7. The van der Waals surface area contributed by atoms with Crippen molar-refractivity contribution in [1.29, 1.82) is 0 Å². The van der Waals surface area contributed by atoms with Gasteiger partial charge >= 0.3 is 0 Å². The molecule has 1 fully saturated rings. The molecule has 1 aromatic heterocycles. The molecule has 0 spiro atoms. The number of rotatable bonds is 9. The molecule has 0 amide bonds. The van der Waals surface area contributed by atoms with Gasteiger partial charge in [-0.2, -0.15) is 0 Å². The Labute approximate surface area is 188 Å². The quantitative estimate of drug-likeness (QED) is 0.472. The van der Waals surface area contributed by atoms with Gasteiger partial charge in [-0.3, -0.25) is 14.3 Å². The fourth-order valence-corrected chi connectivity index (χ4v) is 3.97. The van der Waals surface area contributed by atoms with Gasteiger partial charge < -0.3 is 4.90 Å². The smallest absolute Gasteiger partial charge is 0.195 e. The molecule has 1 aliphatic rings. The van der Waals surface area contributed by atoms with Gasteiger partial charge in [0.05, 0.1) is 18.8 Å². The lowest BCUT2D eigenvalue weighted by Crippen LogP contribution is -2.24. The molecule has 3 aromatic rings. The van der Waals surface area contributed by atoms with Crippen molar-refractivity contribution in [3.63, 3.8) is 0 Å². The zero-order valence-electron chi connectivity index (χ0n) is 18.3. The molecule has 7 heteroatoms. The Morgan fingerprint density at radius 1 is 1.03 bits per heavy atom. The van der Waals surface area contributed by atoms with Crippen molar-refractivity contribution in [3.8, 4) is 5.69 Å². The van der Waals surface area contributed by atoms with Crippen molar-refractivity contribution in [1.82, 2.24) is 24.6 Å². The lowest BCUT2D eigenvalue weighted by molar-refractivity contribution is 0.103. The second kappa shape index (κ2) is 9.30. The Hall–Kier alpha value is -2.54. The number of nitrogens with zero attached hydrogens (tertiary/aromatic N) is 5. The third-order valence-electron chi connectivity index (χ3n) is 5.41. The van der Waals surface area contributed by atoms with Crippen LogP contribution in [0.25, 0.3) is 5.69 Å². The van der Waals surface area contributed by atoms with Crippen molar-refractivity contribution in [2.75, 3.05) is 27.7 Å². The van der Waals surface area contributed by atoms with Crippen molar-refractivity contribution in [2.24, 2.45) is 5.92 Å². The first kappa shape index (κ1) is 21.7. The van der Waals surface area contributed by atoms with Crippen LogP contribution in [0.3, 0.4) is 0 Å². The van der Waals surface area contributed by atoms with Gasteiger partial charge in [-0.05, 0) is 58.1 Å². The molecule has 0 unspecified atom stereocenters. The van der Waals surface area contributed by atoms with E-state index in [9.17, 15) is 4.79 Å². The van der Waals surface area contributed by atoms with Crippen LogP contribution in [0.4, 0.5) is 0 Å². The van der Waals surface area contributed by atoms with Crippen LogP contribution in [0.2, 0.25) is 5.02 Å². The van der Waals surface area contributed by atoms with E-state index in [1.54, 1.807) is 6.07 Å². The fourth-order valence-electron chi connectivity index (χ4n) is 3.80. The first-order valence-electron chi connectivity index (χ1n) is 10.6. The number of carbonyl (C=O) groups excluding carboxylic acids is 1. The van der Waals surface area contributed by atoms with Crippen LogP contribution in [-0.4, -0.2) is 58.0 Å². The zero-order chi connectivity index (χ0) is 22.0. The molecule has 0 saturated heterocycles. The highest BCUT2D eigenvalue weighted by molar-refractivity contribution is 6.31. The van der Waals surface area contributed by atoms with Gasteiger partial charge in [0.25, 0.3) is 0 Å². The number of hydrogen-bond acceptors (Lipinski definition) is 5. The van der Waals surface area contributed by atoms with Gasteiger partial charge in [0.2, 0.25) is 0 Å². The molecule has 6 nitrogen and oxygen atoms in total. The molecule has 31 heavy (non-hydrogen) atoms. The topological polar surface area (TPSA) is 54.3 Å². The molecule has 1 heterocycles. The molecule has 0 aliphatic heterocycles. The molecule has 4 rings (SSSR count). The van der Waals surface area contributed by atoms with Crippen LogP contribution in [0.5, 0.6) is 0 Å². The highest BCUT2D eigenvalue weighted by Crippen LogP contribution is 2.30. The Morgan fingerprint density at radius 3 is 2.35 bits per heavy atom. The van der Waals surface area contributed by atoms with E-state index in [4.69, 9.17) is 11.6 Å². The van der Waals surface area contributed by atoms with Crippen molar-refractivity contribution in [3.05, 3.63) is 76.3 Å². The van der Waals surface area contributed by atoms with E-state index in [1.165, 1.54) is 12.8 Å². The Balaban J connectivity index is 1.78. The van der Waals surface area contributed by atoms with Crippen LogP contribution in [0.15, 0.2) is 48.5 Å². The average molecular weight is 438 g/mol. The summed E-state index contributed by atoms with van der Waals surface area (Å²) in [5.41, 5.74) is 1.93. The maximum atomic E-state index is 13.4. The largest absolute Gasteiger partial charge is 0.302 e. The number of halogens is 1. The molecule has 2 aromatic carbocycles. The van der Waals surface area contributed by atoms with Gasteiger partial charge in [-0.25, -0.2) is 0 Å². The number of benzene rings is 2. The first-order chi connectivity index (χ1) is 14.9. The minimum atomic E-state index is -0.0695. The predicted octanol–water partition coefficient (Wildman–Crippen LogP) is 4.06. The first-order valence-corrected chi connectivity index (χ1v) is 11.0. The molecule has 1 saturated carbocycles. The summed E-state index contributed by atoms with van der Waals surface area (Å²) in [7, 11) is 6.10. The number of ketones is 1. The van der Waals surface area contributed by atoms with E-state index in [0.717, 1.165) is 29.8 Å². The second-order valence-electron chi connectivity index (χ2n) is 8.60. The molecule has 0 N–H and O–H groups in total. The minimum Gasteiger partial charge on any atom is -0.302 e. The maximum absolute atomic E-state index is 13.4. The minimum absolute atomic E-state index is 0.0695. The van der Waals surface area contributed by atoms with Gasteiger partial charge in [0.1, 0.15) is 0 Å². The van der Waals surface area contributed by atoms with E-state index >= 15 is 0 Å². The molecular formula is C24H28ClN5O. The summed E-state index contributed by atoms with van der Waals surface area (Å²) in [4.78, 5) is 17.7. The van der Waals surface area contributed by atoms with Crippen LogP contribution in [-0.2, 0) is 13.1 Å². The molecular weight excluding hydrogens is 410 g/mol. The molecule has 0 radical (unpaired) electrons. The zero-order valence-corrected chi connectivity index (χ0v) is 19.0.